The van der Waals surface area contributed by atoms with Crippen molar-refractivity contribution in [2.75, 3.05) is 25.0 Å². The summed E-state index contributed by atoms with van der Waals surface area (Å²) >= 11 is 1.82. The zero-order chi connectivity index (χ0) is 13.0. The molecule has 0 aromatic carbocycles. The van der Waals surface area contributed by atoms with Crippen LogP contribution >= 0.6 is 11.3 Å². The van der Waals surface area contributed by atoms with E-state index in [9.17, 15) is 0 Å². The van der Waals surface area contributed by atoms with Crippen molar-refractivity contribution >= 4 is 22.5 Å². The molecule has 1 aliphatic heterocycles. The molecule has 1 aromatic rings. The molecule has 1 aromatic heterocycles. The van der Waals surface area contributed by atoms with Crippen LogP contribution in [0.15, 0.2) is 6.08 Å². The number of piperidine rings is 1. The van der Waals surface area contributed by atoms with Gasteiger partial charge in [-0.1, -0.05) is 17.4 Å². The third-order valence-electron chi connectivity index (χ3n) is 3.44. The monoisotopic (exact) mass is 265 g/mol. The fraction of sp³-hybridized carbons (Fsp3) is 0.643. The van der Waals surface area contributed by atoms with Gasteiger partial charge in [-0.2, -0.15) is 0 Å². The molecule has 4 heteroatoms. The van der Waals surface area contributed by atoms with Crippen molar-refractivity contribution in [3.8, 4) is 0 Å². The number of likely N-dealkylation sites (N-methyl/N-ethyl adjacent to an activating group) is 1. The molecule has 18 heavy (non-hydrogen) atoms. The predicted molar refractivity (Wildman–Crippen MR) is 80.5 cm³/mol. The Balaban J connectivity index is 2.08. The van der Waals surface area contributed by atoms with Gasteiger partial charge >= 0.3 is 0 Å². The summed E-state index contributed by atoms with van der Waals surface area (Å²) in [5.74, 6) is 0. The van der Waals surface area contributed by atoms with Crippen molar-refractivity contribution in [1.82, 2.24) is 10.3 Å². The van der Waals surface area contributed by atoms with E-state index >= 15 is 0 Å². The Bertz CT molecular complexity index is 405. The first-order chi connectivity index (χ1) is 8.70. The Morgan fingerprint density at radius 3 is 2.72 bits per heavy atom. The number of aromatic nitrogens is 1. The average molecular weight is 265 g/mol. The highest BCUT2D eigenvalue weighted by Crippen LogP contribution is 2.29. The van der Waals surface area contributed by atoms with Gasteiger partial charge in [0.25, 0.3) is 0 Å². The van der Waals surface area contributed by atoms with Gasteiger partial charge in [0.15, 0.2) is 5.13 Å². The normalized spacial score (nSPS) is 18.5. The highest BCUT2D eigenvalue weighted by molar-refractivity contribution is 7.16. The van der Waals surface area contributed by atoms with E-state index in [0.717, 1.165) is 5.69 Å². The van der Waals surface area contributed by atoms with Gasteiger partial charge in [-0.3, -0.25) is 0 Å². The lowest BCUT2D eigenvalue weighted by molar-refractivity contribution is 0.576. The van der Waals surface area contributed by atoms with Crippen LogP contribution in [0.1, 0.15) is 36.8 Å². The summed E-state index contributed by atoms with van der Waals surface area (Å²) < 4.78 is 0. The van der Waals surface area contributed by atoms with E-state index < -0.39 is 0 Å². The fourth-order valence-corrected chi connectivity index (χ4v) is 3.13. The third kappa shape index (κ3) is 3.33. The first-order valence-electron chi connectivity index (χ1n) is 6.78. The molecular weight excluding hydrogens is 242 g/mol. The summed E-state index contributed by atoms with van der Waals surface area (Å²) in [6, 6.07) is 0.407. The van der Waals surface area contributed by atoms with Gasteiger partial charge in [-0.05, 0) is 46.2 Å². The molecule has 0 saturated carbocycles. The Kier molecular flexibility index (Phi) is 4.78. The molecule has 1 N–H and O–H groups in total. The van der Waals surface area contributed by atoms with Crippen LogP contribution in [-0.2, 0) is 0 Å². The van der Waals surface area contributed by atoms with Gasteiger partial charge in [0.05, 0.1) is 10.6 Å². The number of thiazole rings is 1. The van der Waals surface area contributed by atoms with Crippen LogP contribution in [0.5, 0.6) is 0 Å². The average Bonchev–Trinajstić information content (AvgIpc) is 2.78. The number of nitrogens with zero attached hydrogens (tertiary/aromatic N) is 2. The lowest BCUT2D eigenvalue weighted by Crippen LogP contribution is -2.29. The highest BCUT2D eigenvalue weighted by atomic mass is 32.1. The first kappa shape index (κ1) is 13.6. The van der Waals surface area contributed by atoms with Crippen molar-refractivity contribution in [3.05, 3.63) is 16.6 Å². The summed E-state index contributed by atoms with van der Waals surface area (Å²) in [4.78, 5) is 8.43. The SMILES string of the molecule is CNC(C)/C=C/c1sc(N2CCCCC2)nc1C. The molecule has 0 spiro atoms. The van der Waals surface area contributed by atoms with Crippen molar-refractivity contribution in [1.29, 1.82) is 0 Å². The van der Waals surface area contributed by atoms with Gasteiger partial charge in [0, 0.05) is 19.1 Å². The Hall–Kier alpha value is -0.870. The largest absolute Gasteiger partial charge is 0.348 e. The molecule has 2 rings (SSSR count). The zero-order valence-electron chi connectivity index (χ0n) is 11.6. The van der Waals surface area contributed by atoms with Crippen LogP contribution in [0.3, 0.4) is 0 Å². The summed E-state index contributed by atoms with van der Waals surface area (Å²) in [7, 11) is 1.98. The van der Waals surface area contributed by atoms with Gasteiger partial charge < -0.3 is 10.2 Å². The molecule has 0 aliphatic carbocycles. The van der Waals surface area contributed by atoms with E-state index in [-0.39, 0.29) is 0 Å². The van der Waals surface area contributed by atoms with E-state index in [1.54, 1.807) is 0 Å². The molecule has 0 amide bonds. The molecular formula is C14H23N3S. The number of nitrogens with one attached hydrogen (secondary N) is 1. The van der Waals surface area contributed by atoms with E-state index in [0.29, 0.717) is 6.04 Å². The number of rotatable bonds is 4. The molecule has 0 radical (unpaired) electrons. The predicted octanol–water partition coefficient (Wildman–Crippen LogP) is 3.06. The van der Waals surface area contributed by atoms with Crippen molar-refractivity contribution in [2.45, 2.75) is 39.2 Å². The second kappa shape index (κ2) is 6.34. The lowest BCUT2D eigenvalue weighted by atomic mass is 10.1. The van der Waals surface area contributed by atoms with E-state index in [1.807, 2.05) is 18.4 Å². The topological polar surface area (TPSA) is 28.2 Å². The van der Waals surface area contributed by atoms with Crippen molar-refractivity contribution in [2.24, 2.45) is 0 Å². The maximum Gasteiger partial charge on any atom is 0.186 e. The van der Waals surface area contributed by atoms with Crippen LogP contribution in [0.4, 0.5) is 5.13 Å². The minimum atomic E-state index is 0.407. The number of hydrogen-bond acceptors (Lipinski definition) is 4. The molecule has 3 nitrogen and oxygen atoms in total. The van der Waals surface area contributed by atoms with Crippen molar-refractivity contribution < 1.29 is 0 Å². The summed E-state index contributed by atoms with van der Waals surface area (Å²) in [6.07, 6.45) is 8.37. The summed E-state index contributed by atoms with van der Waals surface area (Å²) in [5, 5.41) is 4.41. The molecule has 2 heterocycles. The maximum absolute atomic E-state index is 4.71. The Morgan fingerprint density at radius 2 is 2.06 bits per heavy atom. The van der Waals surface area contributed by atoms with Gasteiger partial charge in [0.2, 0.25) is 0 Å². The van der Waals surface area contributed by atoms with Gasteiger partial charge in [-0.15, -0.1) is 0 Å². The summed E-state index contributed by atoms with van der Waals surface area (Å²) in [5.41, 5.74) is 1.15. The second-order valence-electron chi connectivity index (χ2n) is 4.93. The number of anilines is 1. The molecule has 1 saturated heterocycles. The zero-order valence-corrected chi connectivity index (χ0v) is 12.4. The minimum Gasteiger partial charge on any atom is -0.348 e. The maximum atomic E-state index is 4.71. The van der Waals surface area contributed by atoms with E-state index in [2.05, 4.69) is 36.2 Å². The van der Waals surface area contributed by atoms with Gasteiger partial charge in [0.1, 0.15) is 0 Å². The van der Waals surface area contributed by atoms with Crippen LogP contribution in [0.25, 0.3) is 6.08 Å². The second-order valence-corrected chi connectivity index (χ2v) is 5.94. The van der Waals surface area contributed by atoms with Crippen LogP contribution in [0, 0.1) is 6.92 Å². The Labute approximate surface area is 114 Å². The fourth-order valence-electron chi connectivity index (χ4n) is 2.10. The van der Waals surface area contributed by atoms with Crippen LogP contribution < -0.4 is 10.2 Å². The van der Waals surface area contributed by atoms with Crippen molar-refractivity contribution in [3.63, 3.8) is 0 Å². The molecule has 0 bridgehead atoms. The molecule has 1 unspecified atom stereocenters. The van der Waals surface area contributed by atoms with E-state index in [1.165, 1.54) is 42.4 Å². The standard InChI is InChI=1S/C14H23N3S/c1-11(15-3)7-8-13-12(2)16-14(18-13)17-9-5-4-6-10-17/h7-8,11,15H,4-6,9-10H2,1-3H3/b8-7+. The first-order valence-corrected chi connectivity index (χ1v) is 7.60. The summed E-state index contributed by atoms with van der Waals surface area (Å²) in [6.45, 7) is 6.60. The van der Waals surface area contributed by atoms with Crippen LogP contribution in [-0.4, -0.2) is 31.2 Å². The molecule has 1 aliphatic rings. The van der Waals surface area contributed by atoms with E-state index in [4.69, 9.17) is 4.98 Å². The molecule has 1 fully saturated rings. The third-order valence-corrected chi connectivity index (χ3v) is 4.62. The molecule has 1 atom stereocenters. The quantitative estimate of drug-likeness (QED) is 0.907. The Morgan fingerprint density at radius 1 is 1.33 bits per heavy atom. The number of aryl methyl sites for hydroxylation is 1. The lowest BCUT2D eigenvalue weighted by Gasteiger charge is -2.25. The molecule has 100 valence electrons. The highest BCUT2D eigenvalue weighted by Gasteiger charge is 2.15. The van der Waals surface area contributed by atoms with Gasteiger partial charge in [-0.25, -0.2) is 4.98 Å². The van der Waals surface area contributed by atoms with Crippen LogP contribution in [0.2, 0.25) is 0 Å². The smallest absolute Gasteiger partial charge is 0.186 e. The minimum absolute atomic E-state index is 0.407. The number of hydrogen-bond donors (Lipinski definition) is 1.